The number of carboxylic acid groups (broad SMARTS) is 1. The molecule has 0 aliphatic rings. The number of rotatable bonds is 9. The number of ether oxygens (including phenoxy) is 3. The largest absolute Gasteiger partial charge is 0.497 e. The number of carbonyl (C=O) groups is 1. The van der Waals surface area contributed by atoms with E-state index >= 15 is 0 Å². The van der Waals surface area contributed by atoms with E-state index < -0.39 is 5.97 Å². The van der Waals surface area contributed by atoms with Gasteiger partial charge in [-0.05, 0) is 48.5 Å². The zero-order valence-electron chi connectivity index (χ0n) is 14.8. The SMILES string of the molecule is COc1ccc(OCCOc2ccc(-c3nc(CC(=O)O)cs3)cc2)cc1. The van der Waals surface area contributed by atoms with Crippen LogP contribution in [-0.2, 0) is 11.2 Å². The van der Waals surface area contributed by atoms with Gasteiger partial charge in [0.15, 0.2) is 0 Å². The fourth-order valence-corrected chi connectivity index (χ4v) is 3.19. The first-order valence-corrected chi connectivity index (χ1v) is 9.18. The van der Waals surface area contributed by atoms with Crippen molar-refractivity contribution >= 4 is 17.3 Å². The van der Waals surface area contributed by atoms with Crippen molar-refractivity contribution in [3.63, 3.8) is 0 Å². The van der Waals surface area contributed by atoms with Gasteiger partial charge in [0.2, 0.25) is 0 Å². The molecule has 3 aromatic rings. The number of aromatic nitrogens is 1. The summed E-state index contributed by atoms with van der Waals surface area (Å²) in [5.74, 6) is 1.40. The van der Waals surface area contributed by atoms with Crippen LogP contribution in [0.25, 0.3) is 10.6 Å². The second-order valence-corrected chi connectivity index (χ2v) is 6.47. The summed E-state index contributed by atoms with van der Waals surface area (Å²) in [6, 6.07) is 14.9. The van der Waals surface area contributed by atoms with Gasteiger partial charge in [-0.2, -0.15) is 0 Å². The summed E-state index contributed by atoms with van der Waals surface area (Å²) in [6.07, 6.45) is -0.0636. The Morgan fingerprint density at radius 1 is 0.963 bits per heavy atom. The summed E-state index contributed by atoms with van der Waals surface area (Å²) < 4.78 is 16.4. The third-order valence-electron chi connectivity index (χ3n) is 3.67. The molecule has 2 aromatic carbocycles. The maximum atomic E-state index is 10.7. The van der Waals surface area contributed by atoms with Crippen LogP contribution in [0.1, 0.15) is 5.69 Å². The van der Waals surface area contributed by atoms with Crippen molar-refractivity contribution in [2.24, 2.45) is 0 Å². The Morgan fingerprint density at radius 3 is 2.07 bits per heavy atom. The lowest BCUT2D eigenvalue weighted by atomic mass is 10.2. The van der Waals surface area contributed by atoms with Gasteiger partial charge in [-0.3, -0.25) is 4.79 Å². The smallest absolute Gasteiger partial charge is 0.309 e. The molecular weight excluding hydrogens is 366 g/mol. The van der Waals surface area contributed by atoms with Gasteiger partial charge >= 0.3 is 5.97 Å². The molecule has 1 N–H and O–H groups in total. The van der Waals surface area contributed by atoms with Gasteiger partial charge in [0.1, 0.15) is 35.5 Å². The van der Waals surface area contributed by atoms with E-state index in [4.69, 9.17) is 19.3 Å². The molecule has 1 aromatic heterocycles. The topological polar surface area (TPSA) is 77.9 Å². The molecule has 0 radical (unpaired) electrons. The predicted octanol–water partition coefficient (Wildman–Crippen LogP) is 3.90. The molecule has 0 amide bonds. The van der Waals surface area contributed by atoms with Gasteiger partial charge in [0, 0.05) is 10.9 Å². The lowest BCUT2D eigenvalue weighted by Gasteiger charge is -2.09. The van der Waals surface area contributed by atoms with Crippen molar-refractivity contribution < 1.29 is 24.1 Å². The Balaban J connectivity index is 1.47. The van der Waals surface area contributed by atoms with E-state index in [-0.39, 0.29) is 6.42 Å². The molecule has 0 aliphatic carbocycles. The van der Waals surface area contributed by atoms with Crippen LogP contribution in [0.5, 0.6) is 17.2 Å². The average Bonchev–Trinajstić information content (AvgIpc) is 3.14. The van der Waals surface area contributed by atoms with Crippen molar-refractivity contribution in [2.75, 3.05) is 20.3 Å². The highest BCUT2D eigenvalue weighted by molar-refractivity contribution is 7.13. The summed E-state index contributed by atoms with van der Waals surface area (Å²) in [5, 5.41) is 11.4. The first kappa shape index (κ1) is 18.7. The number of carboxylic acids is 1. The van der Waals surface area contributed by atoms with Crippen LogP contribution in [0.2, 0.25) is 0 Å². The monoisotopic (exact) mass is 385 g/mol. The minimum absolute atomic E-state index is 0.0636. The van der Waals surface area contributed by atoms with Crippen molar-refractivity contribution in [2.45, 2.75) is 6.42 Å². The van der Waals surface area contributed by atoms with Gasteiger partial charge < -0.3 is 19.3 Å². The maximum Gasteiger partial charge on any atom is 0.309 e. The fraction of sp³-hybridized carbons (Fsp3) is 0.200. The van der Waals surface area contributed by atoms with Gasteiger partial charge in [0.25, 0.3) is 0 Å². The highest BCUT2D eigenvalue weighted by Crippen LogP contribution is 2.26. The lowest BCUT2D eigenvalue weighted by molar-refractivity contribution is -0.136. The minimum atomic E-state index is -0.882. The molecule has 27 heavy (non-hydrogen) atoms. The molecule has 0 bridgehead atoms. The highest BCUT2D eigenvalue weighted by Gasteiger charge is 2.08. The van der Waals surface area contributed by atoms with Gasteiger partial charge in [0.05, 0.1) is 19.2 Å². The number of hydrogen-bond donors (Lipinski definition) is 1. The van der Waals surface area contributed by atoms with E-state index in [0.717, 1.165) is 27.8 Å². The van der Waals surface area contributed by atoms with Crippen LogP contribution in [0.4, 0.5) is 0 Å². The molecule has 0 unspecified atom stereocenters. The quantitative estimate of drug-likeness (QED) is 0.563. The number of thiazole rings is 1. The summed E-state index contributed by atoms with van der Waals surface area (Å²) in [7, 11) is 1.62. The molecule has 7 heteroatoms. The Kier molecular flexibility index (Phi) is 6.27. The number of nitrogens with zero attached hydrogens (tertiary/aromatic N) is 1. The molecule has 0 atom stereocenters. The Morgan fingerprint density at radius 2 is 1.52 bits per heavy atom. The second-order valence-electron chi connectivity index (χ2n) is 5.61. The van der Waals surface area contributed by atoms with E-state index in [9.17, 15) is 4.79 Å². The van der Waals surface area contributed by atoms with Crippen LogP contribution >= 0.6 is 11.3 Å². The third kappa shape index (κ3) is 5.46. The van der Waals surface area contributed by atoms with E-state index in [1.165, 1.54) is 11.3 Å². The lowest BCUT2D eigenvalue weighted by Crippen LogP contribution is -2.08. The van der Waals surface area contributed by atoms with Crippen LogP contribution in [-0.4, -0.2) is 36.4 Å². The zero-order chi connectivity index (χ0) is 19.1. The normalized spacial score (nSPS) is 10.4. The number of benzene rings is 2. The van der Waals surface area contributed by atoms with Crippen molar-refractivity contribution in [3.05, 3.63) is 59.6 Å². The summed E-state index contributed by atoms with van der Waals surface area (Å²) >= 11 is 1.43. The van der Waals surface area contributed by atoms with Crippen LogP contribution in [0.3, 0.4) is 0 Å². The standard InChI is InChI=1S/C20H19NO5S/c1-24-16-6-8-18(9-7-16)26-11-10-25-17-4-2-14(3-5-17)20-21-15(13-27-20)12-19(22)23/h2-9,13H,10-12H2,1H3,(H,22,23). The van der Waals surface area contributed by atoms with Crippen LogP contribution < -0.4 is 14.2 Å². The van der Waals surface area contributed by atoms with Gasteiger partial charge in [-0.15, -0.1) is 11.3 Å². The summed E-state index contributed by atoms with van der Waals surface area (Å²) in [6.45, 7) is 0.852. The van der Waals surface area contributed by atoms with E-state index in [1.807, 2.05) is 48.5 Å². The molecule has 6 nitrogen and oxygen atoms in total. The third-order valence-corrected chi connectivity index (χ3v) is 4.61. The first-order chi connectivity index (χ1) is 13.1. The first-order valence-electron chi connectivity index (χ1n) is 8.30. The van der Waals surface area contributed by atoms with Crippen molar-refractivity contribution in [1.82, 2.24) is 4.98 Å². The maximum absolute atomic E-state index is 10.7. The summed E-state index contributed by atoms with van der Waals surface area (Å²) in [5.41, 5.74) is 1.50. The number of hydrogen-bond acceptors (Lipinski definition) is 6. The molecule has 0 spiro atoms. The Hall–Kier alpha value is -3.06. The van der Waals surface area contributed by atoms with Gasteiger partial charge in [-0.25, -0.2) is 4.98 Å². The predicted molar refractivity (Wildman–Crippen MR) is 103 cm³/mol. The summed E-state index contributed by atoms with van der Waals surface area (Å²) in [4.78, 5) is 15.1. The molecule has 0 fully saturated rings. The number of aliphatic carboxylic acids is 1. The molecule has 0 aliphatic heterocycles. The van der Waals surface area contributed by atoms with Crippen LogP contribution in [0, 0.1) is 0 Å². The van der Waals surface area contributed by atoms with Gasteiger partial charge in [-0.1, -0.05) is 0 Å². The molecule has 0 saturated carbocycles. The van der Waals surface area contributed by atoms with E-state index in [2.05, 4.69) is 4.98 Å². The van der Waals surface area contributed by atoms with Crippen LogP contribution in [0.15, 0.2) is 53.9 Å². The Labute approximate surface area is 161 Å². The minimum Gasteiger partial charge on any atom is -0.497 e. The molecule has 3 rings (SSSR count). The molecule has 0 saturated heterocycles. The second kappa shape index (κ2) is 9.05. The molecular formula is C20H19NO5S. The molecule has 1 heterocycles. The van der Waals surface area contributed by atoms with E-state index in [0.29, 0.717) is 18.9 Å². The average molecular weight is 385 g/mol. The van der Waals surface area contributed by atoms with Crippen molar-refractivity contribution in [3.8, 4) is 27.8 Å². The number of methoxy groups -OCH3 is 1. The Bertz CT molecular complexity index is 874. The van der Waals surface area contributed by atoms with E-state index in [1.54, 1.807) is 12.5 Å². The highest BCUT2D eigenvalue weighted by atomic mass is 32.1. The van der Waals surface area contributed by atoms with Crippen molar-refractivity contribution in [1.29, 1.82) is 0 Å². The fourth-order valence-electron chi connectivity index (χ4n) is 2.36. The molecule has 140 valence electrons. The zero-order valence-corrected chi connectivity index (χ0v) is 15.6.